The Morgan fingerprint density at radius 1 is 1.14 bits per heavy atom. The smallest absolute Gasteiger partial charge is 0.315 e. The van der Waals surface area contributed by atoms with E-state index in [1.54, 1.807) is 37.4 Å². The molecule has 8 nitrogen and oxygen atoms in total. The molecule has 0 spiro atoms. The van der Waals surface area contributed by atoms with Crippen molar-refractivity contribution in [3.63, 3.8) is 0 Å². The van der Waals surface area contributed by atoms with Crippen LogP contribution in [0.15, 0.2) is 57.9 Å². The SMILES string of the molecule is COc1ccccc1CNC(=O)c1nc(CCS(=O)(=O)c2ccc(C)cc2)no1. The van der Waals surface area contributed by atoms with Crippen molar-refractivity contribution in [1.29, 1.82) is 0 Å². The normalized spacial score (nSPS) is 11.2. The minimum atomic E-state index is -3.48. The van der Waals surface area contributed by atoms with Crippen molar-refractivity contribution in [2.75, 3.05) is 12.9 Å². The van der Waals surface area contributed by atoms with Crippen molar-refractivity contribution in [3.05, 3.63) is 71.4 Å². The Bertz CT molecular complexity index is 1090. The third-order valence-electron chi connectivity index (χ3n) is 4.27. The van der Waals surface area contributed by atoms with E-state index in [0.717, 1.165) is 11.1 Å². The number of amides is 1. The number of ether oxygens (including phenoxy) is 1. The zero-order valence-electron chi connectivity index (χ0n) is 16.1. The van der Waals surface area contributed by atoms with E-state index in [1.165, 1.54) is 0 Å². The van der Waals surface area contributed by atoms with Gasteiger partial charge in [-0.2, -0.15) is 4.98 Å². The van der Waals surface area contributed by atoms with E-state index in [4.69, 9.17) is 9.26 Å². The second-order valence-corrected chi connectivity index (χ2v) is 8.50. The first-order valence-corrected chi connectivity index (χ1v) is 10.6. The van der Waals surface area contributed by atoms with Gasteiger partial charge in [0.1, 0.15) is 5.75 Å². The fourth-order valence-corrected chi connectivity index (χ4v) is 3.87. The highest BCUT2D eigenvalue weighted by atomic mass is 32.2. The molecule has 0 aliphatic heterocycles. The Hall–Kier alpha value is -3.20. The van der Waals surface area contributed by atoms with Crippen LogP contribution in [0.25, 0.3) is 0 Å². The van der Waals surface area contributed by atoms with Gasteiger partial charge in [0.15, 0.2) is 15.7 Å². The maximum atomic E-state index is 12.4. The second kappa shape index (κ2) is 8.87. The number of methoxy groups -OCH3 is 1. The molecular weight excluding hydrogens is 394 g/mol. The number of carbonyl (C=O) groups is 1. The molecule has 1 aromatic heterocycles. The van der Waals surface area contributed by atoms with E-state index in [1.807, 2.05) is 25.1 Å². The van der Waals surface area contributed by atoms with E-state index in [2.05, 4.69) is 15.5 Å². The molecule has 1 heterocycles. The van der Waals surface area contributed by atoms with Crippen LogP contribution in [0.4, 0.5) is 0 Å². The topological polar surface area (TPSA) is 111 Å². The van der Waals surface area contributed by atoms with Crippen LogP contribution in [0, 0.1) is 6.92 Å². The molecule has 1 amide bonds. The van der Waals surface area contributed by atoms with Crippen molar-refractivity contribution in [1.82, 2.24) is 15.5 Å². The van der Waals surface area contributed by atoms with E-state index in [9.17, 15) is 13.2 Å². The molecule has 0 aliphatic rings. The summed E-state index contributed by atoms with van der Waals surface area (Å²) in [6, 6.07) is 13.9. The lowest BCUT2D eigenvalue weighted by molar-refractivity contribution is 0.0906. The van der Waals surface area contributed by atoms with Crippen LogP contribution < -0.4 is 10.1 Å². The highest BCUT2D eigenvalue weighted by molar-refractivity contribution is 7.91. The Morgan fingerprint density at radius 2 is 1.86 bits per heavy atom. The molecule has 0 aliphatic carbocycles. The van der Waals surface area contributed by atoms with Crippen LogP contribution in [0.5, 0.6) is 5.75 Å². The first-order valence-electron chi connectivity index (χ1n) is 8.91. The number of hydrogen-bond donors (Lipinski definition) is 1. The Balaban J connectivity index is 1.58. The van der Waals surface area contributed by atoms with Gasteiger partial charge >= 0.3 is 11.8 Å². The van der Waals surface area contributed by atoms with Gasteiger partial charge in [-0.1, -0.05) is 41.1 Å². The molecule has 2 aromatic carbocycles. The van der Waals surface area contributed by atoms with Crippen LogP contribution in [-0.4, -0.2) is 37.3 Å². The van der Waals surface area contributed by atoms with Crippen molar-refractivity contribution >= 4 is 15.7 Å². The van der Waals surface area contributed by atoms with Gasteiger partial charge in [0, 0.05) is 18.5 Å². The van der Waals surface area contributed by atoms with Gasteiger partial charge < -0.3 is 14.6 Å². The zero-order chi connectivity index (χ0) is 20.9. The summed E-state index contributed by atoms with van der Waals surface area (Å²) >= 11 is 0. The van der Waals surface area contributed by atoms with E-state index in [0.29, 0.717) is 5.75 Å². The van der Waals surface area contributed by atoms with Crippen LogP contribution in [0.2, 0.25) is 0 Å². The molecule has 29 heavy (non-hydrogen) atoms. The van der Waals surface area contributed by atoms with Gasteiger partial charge in [-0.25, -0.2) is 8.42 Å². The van der Waals surface area contributed by atoms with Crippen molar-refractivity contribution in [2.24, 2.45) is 0 Å². The Morgan fingerprint density at radius 3 is 2.59 bits per heavy atom. The molecule has 3 rings (SSSR count). The molecule has 0 bridgehead atoms. The van der Waals surface area contributed by atoms with E-state index >= 15 is 0 Å². The predicted molar refractivity (Wildman–Crippen MR) is 105 cm³/mol. The predicted octanol–water partition coefficient (Wildman–Crippen LogP) is 2.33. The Labute approximate surface area is 168 Å². The summed E-state index contributed by atoms with van der Waals surface area (Å²) in [5, 5.41) is 6.37. The van der Waals surface area contributed by atoms with Gasteiger partial charge in [0.2, 0.25) is 0 Å². The number of benzene rings is 2. The maximum Gasteiger partial charge on any atom is 0.315 e. The number of nitrogens with one attached hydrogen (secondary N) is 1. The van der Waals surface area contributed by atoms with E-state index < -0.39 is 15.7 Å². The minimum absolute atomic E-state index is 0.0412. The molecule has 0 radical (unpaired) electrons. The quantitative estimate of drug-likeness (QED) is 0.601. The molecule has 9 heteroatoms. The highest BCUT2D eigenvalue weighted by Gasteiger charge is 2.19. The monoisotopic (exact) mass is 415 g/mol. The molecule has 0 fully saturated rings. The standard InChI is InChI=1S/C20H21N3O5S/c1-14-7-9-16(10-8-14)29(25,26)12-11-18-22-20(28-23-18)19(24)21-13-15-5-3-4-6-17(15)27-2/h3-10H,11-13H2,1-2H3,(H,21,24). The molecule has 3 aromatic rings. The molecule has 0 saturated heterocycles. The number of para-hydroxylation sites is 1. The summed E-state index contributed by atoms with van der Waals surface area (Å²) in [4.78, 5) is 16.4. The average Bonchev–Trinajstić information content (AvgIpc) is 3.20. The number of carbonyl (C=O) groups excluding carboxylic acids is 1. The summed E-state index contributed by atoms with van der Waals surface area (Å²) in [6.07, 6.45) is 0.0412. The third kappa shape index (κ3) is 5.20. The minimum Gasteiger partial charge on any atom is -0.496 e. The average molecular weight is 415 g/mol. The number of sulfone groups is 1. The second-order valence-electron chi connectivity index (χ2n) is 6.39. The molecule has 0 saturated carbocycles. The summed E-state index contributed by atoms with van der Waals surface area (Å²) in [7, 11) is -1.93. The third-order valence-corrected chi connectivity index (χ3v) is 6.00. The number of aryl methyl sites for hydroxylation is 2. The first kappa shape index (κ1) is 20.5. The number of rotatable bonds is 8. The van der Waals surface area contributed by atoms with Gasteiger partial charge in [0.25, 0.3) is 0 Å². The lowest BCUT2D eigenvalue weighted by atomic mass is 10.2. The highest BCUT2D eigenvalue weighted by Crippen LogP contribution is 2.17. The summed E-state index contributed by atoms with van der Waals surface area (Å²) in [5.74, 6) is -0.139. The van der Waals surface area contributed by atoms with Gasteiger partial charge in [0.05, 0.1) is 17.8 Å². The Kier molecular flexibility index (Phi) is 6.28. The van der Waals surface area contributed by atoms with Crippen LogP contribution in [-0.2, 0) is 22.8 Å². The number of aromatic nitrogens is 2. The van der Waals surface area contributed by atoms with Gasteiger partial charge in [-0.05, 0) is 25.1 Å². The van der Waals surface area contributed by atoms with Gasteiger partial charge in [-0.3, -0.25) is 4.79 Å². The zero-order valence-corrected chi connectivity index (χ0v) is 16.9. The fourth-order valence-electron chi connectivity index (χ4n) is 2.64. The lowest BCUT2D eigenvalue weighted by Crippen LogP contribution is -2.23. The van der Waals surface area contributed by atoms with Gasteiger partial charge in [-0.15, -0.1) is 0 Å². The first-order chi connectivity index (χ1) is 13.9. The van der Waals surface area contributed by atoms with Crippen molar-refractivity contribution < 1.29 is 22.5 Å². The van der Waals surface area contributed by atoms with Crippen LogP contribution in [0.3, 0.4) is 0 Å². The molecule has 1 N–H and O–H groups in total. The van der Waals surface area contributed by atoms with Crippen LogP contribution >= 0.6 is 0 Å². The number of nitrogens with zero attached hydrogens (tertiary/aromatic N) is 2. The summed E-state index contributed by atoms with van der Waals surface area (Å²) in [5.41, 5.74) is 1.78. The summed E-state index contributed by atoms with van der Waals surface area (Å²) in [6.45, 7) is 2.11. The van der Waals surface area contributed by atoms with Crippen molar-refractivity contribution in [3.8, 4) is 5.75 Å². The fraction of sp³-hybridized carbons (Fsp3) is 0.250. The molecule has 152 valence electrons. The van der Waals surface area contributed by atoms with E-state index in [-0.39, 0.29) is 35.3 Å². The molecule has 0 unspecified atom stereocenters. The largest absolute Gasteiger partial charge is 0.496 e. The molecular formula is C20H21N3O5S. The maximum absolute atomic E-state index is 12.4. The summed E-state index contributed by atoms with van der Waals surface area (Å²) < 4.78 is 35.0. The van der Waals surface area contributed by atoms with Crippen molar-refractivity contribution in [2.45, 2.75) is 24.8 Å². The molecule has 0 atom stereocenters. The van der Waals surface area contributed by atoms with Crippen LogP contribution in [0.1, 0.15) is 27.6 Å². The number of hydrogen-bond acceptors (Lipinski definition) is 7. The lowest BCUT2D eigenvalue weighted by Gasteiger charge is -2.07.